The molecule has 28 heavy (non-hydrogen) atoms. The van der Waals surface area contributed by atoms with Gasteiger partial charge in [0, 0.05) is 5.39 Å². The van der Waals surface area contributed by atoms with Crippen molar-refractivity contribution in [1.82, 2.24) is 5.01 Å². The summed E-state index contributed by atoms with van der Waals surface area (Å²) in [6.45, 7) is 4.20. The molecule has 4 atom stereocenters. The largest absolute Gasteiger partial charge is 0.270 e. The fraction of sp³-hybridized carbons (Fsp3) is 0.560. The van der Waals surface area contributed by atoms with Crippen molar-refractivity contribution in [3.05, 3.63) is 42.5 Å². The van der Waals surface area contributed by atoms with Crippen LogP contribution in [-0.2, 0) is 4.79 Å². The van der Waals surface area contributed by atoms with Gasteiger partial charge in [0.2, 0.25) is 0 Å². The van der Waals surface area contributed by atoms with Crippen molar-refractivity contribution < 1.29 is 4.79 Å². The molecule has 4 aliphatic carbocycles. The molecule has 2 aromatic carbocycles. The number of rotatable bonds is 2. The van der Waals surface area contributed by atoms with Crippen molar-refractivity contribution in [2.45, 2.75) is 57.5 Å². The van der Waals surface area contributed by atoms with Crippen LogP contribution >= 0.6 is 0 Å². The molecule has 1 heterocycles. The van der Waals surface area contributed by atoms with E-state index in [0.29, 0.717) is 29.2 Å². The van der Waals surface area contributed by atoms with Crippen molar-refractivity contribution >= 4 is 22.4 Å². The Balaban J connectivity index is 1.34. The maximum absolute atomic E-state index is 13.4. The Morgan fingerprint density at radius 1 is 0.893 bits per heavy atom. The van der Waals surface area contributed by atoms with Crippen molar-refractivity contribution in [2.75, 3.05) is 5.01 Å². The van der Waals surface area contributed by atoms with Gasteiger partial charge in [-0.15, -0.1) is 0 Å². The van der Waals surface area contributed by atoms with Crippen LogP contribution in [-0.4, -0.2) is 22.5 Å². The molecular formula is C25H28N2O. The van der Waals surface area contributed by atoms with Crippen LogP contribution in [0.4, 0.5) is 5.69 Å². The molecule has 0 aromatic heterocycles. The first-order valence-electron chi connectivity index (χ1n) is 11.1. The molecule has 4 unspecified atom stereocenters. The van der Waals surface area contributed by atoms with Gasteiger partial charge in [0.15, 0.2) is 0 Å². The number of hydrazine groups is 1. The minimum Gasteiger partial charge on any atom is -0.270 e. The van der Waals surface area contributed by atoms with E-state index in [1.807, 2.05) is 0 Å². The molecule has 1 amide bonds. The Labute approximate surface area is 166 Å². The fourth-order valence-corrected chi connectivity index (χ4v) is 8.34. The summed E-state index contributed by atoms with van der Waals surface area (Å²) in [5, 5.41) is 7.08. The first kappa shape index (κ1) is 15.8. The second-order valence-electron chi connectivity index (χ2n) is 10.8. The highest BCUT2D eigenvalue weighted by molar-refractivity contribution is 6.03. The van der Waals surface area contributed by atoms with Crippen molar-refractivity contribution in [3.63, 3.8) is 0 Å². The summed E-state index contributed by atoms with van der Waals surface area (Å²) < 4.78 is 0. The van der Waals surface area contributed by atoms with Gasteiger partial charge in [-0.25, -0.2) is 5.01 Å². The van der Waals surface area contributed by atoms with Gasteiger partial charge in [-0.05, 0) is 86.5 Å². The van der Waals surface area contributed by atoms with Gasteiger partial charge in [0.25, 0.3) is 5.91 Å². The highest BCUT2D eigenvalue weighted by atomic mass is 16.2. The number of fused-ring (bicyclic) bond motifs is 3. The molecule has 0 radical (unpaired) electrons. The topological polar surface area (TPSA) is 23.6 Å². The summed E-state index contributed by atoms with van der Waals surface area (Å²) >= 11 is 0. The van der Waals surface area contributed by atoms with Gasteiger partial charge in [0.05, 0.1) is 11.7 Å². The number of carbonyl (C=O) groups excluding carboxylic acids is 1. The van der Waals surface area contributed by atoms with Crippen LogP contribution in [0.3, 0.4) is 0 Å². The Kier molecular flexibility index (Phi) is 2.69. The summed E-state index contributed by atoms with van der Waals surface area (Å²) in [7, 11) is 0. The quantitative estimate of drug-likeness (QED) is 0.740. The monoisotopic (exact) mass is 372 g/mol. The molecule has 7 rings (SSSR count). The van der Waals surface area contributed by atoms with Gasteiger partial charge in [-0.3, -0.25) is 9.80 Å². The average molecular weight is 373 g/mol. The van der Waals surface area contributed by atoms with E-state index in [4.69, 9.17) is 0 Å². The van der Waals surface area contributed by atoms with Gasteiger partial charge in [-0.2, -0.15) is 0 Å². The number of hydrogen-bond acceptors (Lipinski definition) is 2. The Morgan fingerprint density at radius 2 is 1.57 bits per heavy atom. The van der Waals surface area contributed by atoms with Crippen molar-refractivity contribution in [1.29, 1.82) is 0 Å². The van der Waals surface area contributed by atoms with Crippen molar-refractivity contribution in [3.8, 4) is 0 Å². The zero-order valence-electron chi connectivity index (χ0n) is 16.8. The van der Waals surface area contributed by atoms with Crippen LogP contribution < -0.4 is 5.01 Å². The smallest absolute Gasteiger partial charge is 0.268 e. The molecule has 5 aliphatic rings. The molecule has 3 heteroatoms. The second kappa shape index (κ2) is 4.75. The zero-order valence-corrected chi connectivity index (χ0v) is 16.8. The number of amides is 1. The lowest BCUT2D eigenvalue weighted by molar-refractivity contribution is -0.161. The Bertz CT molecular complexity index is 997. The first-order chi connectivity index (χ1) is 13.5. The maximum Gasteiger partial charge on any atom is 0.268 e. The normalized spacial score (nSPS) is 41.9. The fourth-order valence-electron chi connectivity index (χ4n) is 8.34. The highest BCUT2D eigenvalue weighted by Gasteiger charge is 2.72. The highest BCUT2D eigenvalue weighted by Crippen LogP contribution is 2.76. The summed E-state index contributed by atoms with van der Waals surface area (Å²) in [6, 6.07) is 15.5. The van der Waals surface area contributed by atoms with Gasteiger partial charge in [0.1, 0.15) is 5.54 Å². The molecular weight excluding hydrogens is 344 g/mol. The van der Waals surface area contributed by atoms with E-state index in [-0.39, 0.29) is 0 Å². The Hall–Kier alpha value is -2.03. The number of hydrogen-bond donors (Lipinski definition) is 0. The lowest BCUT2D eigenvalue weighted by atomic mass is 9.56. The zero-order chi connectivity index (χ0) is 18.8. The lowest BCUT2D eigenvalue weighted by Gasteiger charge is -2.62. The van der Waals surface area contributed by atoms with Gasteiger partial charge >= 0.3 is 0 Å². The summed E-state index contributed by atoms with van der Waals surface area (Å²) in [5.74, 6) is 3.69. The summed E-state index contributed by atoms with van der Waals surface area (Å²) in [4.78, 5) is 13.4. The first-order valence-corrected chi connectivity index (χ1v) is 11.1. The minimum absolute atomic E-state index is 0.324. The average Bonchev–Trinajstić information content (AvgIpc) is 3.07. The summed E-state index contributed by atoms with van der Waals surface area (Å²) in [5.41, 5.74) is 1.43. The molecule has 0 N–H and O–H groups in total. The van der Waals surface area contributed by atoms with E-state index in [2.05, 4.69) is 66.3 Å². The third kappa shape index (κ3) is 1.60. The van der Waals surface area contributed by atoms with E-state index in [0.717, 1.165) is 11.8 Å². The molecule has 5 fully saturated rings. The van der Waals surface area contributed by atoms with E-state index in [9.17, 15) is 4.79 Å². The summed E-state index contributed by atoms with van der Waals surface area (Å²) in [6.07, 6.45) is 6.98. The van der Waals surface area contributed by atoms with Crippen LogP contribution in [0.25, 0.3) is 10.8 Å². The van der Waals surface area contributed by atoms with E-state index in [1.165, 1.54) is 48.6 Å². The SMILES string of the molecule is CC1(C)C(=O)N(C2C3CC4CC5CC2CC45C3)N1c1cccc2ccccc12. The molecule has 3 bridgehead atoms. The predicted molar refractivity (Wildman–Crippen MR) is 111 cm³/mol. The van der Waals surface area contributed by atoms with Crippen LogP contribution in [0.15, 0.2) is 42.5 Å². The molecule has 4 saturated carbocycles. The van der Waals surface area contributed by atoms with E-state index < -0.39 is 5.54 Å². The van der Waals surface area contributed by atoms with Gasteiger partial charge < -0.3 is 0 Å². The predicted octanol–water partition coefficient (Wildman–Crippen LogP) is 5.01. The number of nitrogens with zero attached hydrogens (tertiary/aromatic N) is 2. The van der Waals surface area contributed by atoms with Crippen LogP contribution in [0.2, 0.25) is 0 Å². The molecule has 144 valence electrons. The molecule has 2 aromatic rings. The standard InChI is InChI=1S/C25H28N2O/c1-24(2)23(28)26(27(24)21-9-5-7-15-6-3-4-8-20(15)21)22-16-10-18-12-19-11-17(22)14-25(18,19)13-16/h3-9,16-19,22H,10-14H2,1-2H3. The molecule has 1 saturated heterocycles. The Morgan fingerprint density at radius 3 is 2.32 bits per heavy atom. The third-order valence-corrected chi connectivity index (χ3v) is 9.37. The molecule has 3 nitrogen and oxygen atoms in total. The third-order valence-electron chi connectivity index (χ3n) is 9.37. The van der Waals surface area contributed by atoms with Crippen LogP contribution in [0, 0.1) is 29.1 Å². The second-order valence-corrected chi connectivity index (χ2v) is 10.8. The maximum atomic E-state index is 13.4. The van der Waals surface area contributed by atoms with Crippen LogP contribution in [0.5, 0.6) is 0 Å². The molecule has 1 spiro atoms. The van der Waals surface area contributed by atoms with Crippen LogP contribution in [0.1, 0.15) is 46.0 Å². The van der Waals surface area contributed by atoms with Crippen molar-refractivity contribution in [2.24, 2.45) is 29.1 Å². The van der Waals surface area contributed by atoms with E-state index >= 15 is 0 Å². The number of anilines is 1. The van der Waals surface area contributed by atoms with Gasteiger partial charge in [-0.1, -0.05) is 36.4 Å². The lowest BCUT2D eigenvalue weighted by Crippen LogP contribution is -2.79. The number of carbonyl (C=O) groups is 1. The molecule has 1 aliphatic heterocycles. The minimum atomic E-state index is -0.460. The van der Waals surface area contributed by atoms with E-state index in [1.54, 1.807) is 0 Å². The number of benzene rings is 2.